The minimum atomic E-state index is -4.42. The molecule has 2 aromatic rings. The maximum Gasteiger partial charge on any atom is 0.416 e. The van der Waals surface area contributed by atoms with Crippen molar-refractivity contribution in [3.63, 3.8) is 0 Å². The lowest BCUT2D eigenvalue weighted by Crippen LogP contribution is -2.32. The van der Waals surface area contributed by atoms with Gasteiger partial charge in [-0.05, 0) is 61.2 Å². The predicted octanol–water partition coefficient (Wildman–Crippen LogP) is 6.11. The number of carboxylic acids is 1. The van der Waals surface area contributed by atoms with Crippen LogP contribution in [0.2, 0.25) is 0 Å². The van der Waals surface area contributed by atoms with Crippen LogP contribution >= 0.6 is 0 Å². The summed E-state index contributed by atoms with van der Waals surface area (Å²) in [5.41, 5.74) is -0.216. The van der Waals surface area contributed by atoms with E-state index < -0.39 is 23.8 Å². The lowest BCUT2D eigenvalue weighted by molar-refractivity contribution is -0.138. The van der Waals surface area contributed by atoms with Crippen molar-refractivity contribution in [1.82, 2.24) is 4.90 Å². The lowest BCUT2D eigenvalue weighted by Gasteiger charge is -2.22. The largest absolute Gasteiger partial charge is 0.481 e. The van der Waals surface area contributed by atoms with E-state index in [0.717, 1.165) is 31.4 Å². The second-order valence-corrected chi connectivity index (χ2v) is 8.78. The lowest BCUT2D eigenvalue weighted by atomic mass is 10.1. The van der Waals surface area contributed by atoms with E-state index >= 15 is 0 Å². The number of ether oxygens (including phenoxy) is 1. The number of unbranched alkanes of at least 4 members (excludes halogenated alkanes) is 3. The fourth-order valence-corrected chi connectivity index (χ4v) is 4.11. The van der Waals surface area contributed by atoms with Crippen molar-refractivity contribution in [1.29, 1.82) is 0 Å². The van der Waals surface area contributed by atoms with Crippen LogP contribution in [0.5, 0.6) is 11.5 Å². The maximum atomic E-state index is 12.7. The summed E-state index contributed by atoms with van der Waals surface area (Å²) in [6.45, 7) is 0.591. The average molecular weight is 506 g/mol. The summed E-state index contributed by atoms with van der Waals surface area (Å²) in [4.78, 5) is 24.6. The molecule has 0 radical (unpaired) electrons. The molecule has 3 rings (SSSR count). The molecule has 36 heavy (non-hydrogen) atoms. The molecule has 194 valence electrons. The zero-order chi connectivity index (χ0) is 26.1. The van der Waals surface area contributed by atoms with Crippen LogP contribution in [0.3, 0.4) is 0 Å². The molecule has 6 nitrogen and oxygen atoms in total. The highest BCUT2D eigenvalue weighted by Crippen LogP contribution is 2.32. The van der Waals surface area contributed by atoms with Gasteiger partial charge in [-0.3, -0.25) is 9.59 Å². The number of aliphatic carboxylic acids is 1. The van der Waals surface area contributed by atoms with Crippen LogP contribution in [0.15, 0.2) is 60.7 Å². The molecule has 1 amide bonds. The van der Waals surface area contributed by atoms with Crippen LogP contribution < -0.4 is 4.74 Å². The third-order valence-corrected chi connectivity index (χ3v) is 6.05. The first kappa shape index (κ1) is 27.3. The quantitative estimate of drug-likeness (QED) is 0.268. The number of carbonyl (C=O) groups excluding carboxylic acids is 1. The number of halogens is 3. The molecular weight excluding hydrogens is 475 g/mol. The van der Waals surface area contributed by atoms with Crippen molar-refractivity contribution < 1.29 is 37.7 Å². The number of carbonyl (C=O) groups is 2. The predicted molar refractivity (Wildman–Crippen MR) is 128 cm³/mol. The van der Waals surface area contributed by atoms with E-state index in [1.807, 2.05) is 6.08 Å². The van der Waals surface area contributed by atoms with Crippen molar-refractivity contribution in [2.45, 2.75) is 63.3 Å². The Hall–Kier alpha value is -3.33. The Labute approximate surface area is 208 Å². The maximum absolute atomic E-state index is 12.7. The van der Waals surface area contributed by atoms with E-state index in [0.29, 0.717) is 37.1 Å². The van der Waals surface area contributed by atoms with Gasteiger partial charge < -0.3 is 19.8 Å². The molecule has 1 fully saturated rings. The van der Waals surface area contributed by atoms with Gasteiger partial charge in [0.2, 0.25) is 5.91 Å². The molecule has 1 aliphatic rings. The van der Waals surface area contributed by atoms with Crippen LogP contribution in [0.4, 0.5) is 13.2 Å². The van der Waals surface area contributed by atoms with Gasteiger partial charge in [-0.25, -0.2) is 0 Å². The Morgan fingerprint density at radius 2 is 1.81 bits per heavy atom. The third kappa shape index (κ3) is 8.12. The average Bonchev–Trinajstić information content (AvgIpc) is 3.18. The first-order valence-corrected chi connectivity index (χ1v) is 12.0. The Bertz CT molecular complexity index is 1050. The molecule has 2 atom stereocenters. The molecule has 1 unspecified atom stereocenters. The molecule has 0 aromatic heterocycles. The number of nitrogens with zero attached hydrogens (tertiary/aromatic N) is 1. The smallest absolute Gasteiger partial charge is 0.416 e. The number of aliphatic hydroxyl groups is 1. The van der Waals surface area contributed by atoms with Gasteiger partial charge in [0, 0.05) is 19.4 Å². The third-order valence-electron chi connectivity index (χ3n) is 6.05. The van der Waals surface area contributed by atoms with E-state index in [-0.39, 0.29) is 24.1 Å². The van der Waals surface area contributed by atoms with Crippen molar-refractivity contribution in [2.75, 3.05) is 6.54 Å². The van der Waals surface area contributed by atoms with E-state index in [1.165, 1.54) is 12.1 Å². The molecule has 2 N–H and O–H groups in total. The second kappa shape index (κ2) is 12.6. The van der Waals surface area contributed by atoms with Crippen LogP contribution in [-0.4, -0.2) is 39.6 Å². The van der Waals surface area contributed by atoms with Crippen molar-refractivity contribution in [3.05, 3.63) is 71.8 Å². The summed E-state index contributed by atoms with van der Waals surface area (Å²) >= 11 is 0. The Balaban J connectivity index is 1.54. The van der Waals surface area contributed by atoms with Crippen molar-refractivity contribution >= 4 is 11.9 Å². The molecule has 2 aromatic carbocycles. The number of amides is 1. The minimum Gasteiger partial charge on any atom is -0.481 e. The summed E-state index contributed by atoms with van der Waals surface area (Å²) in [6.07, 6.45) is 2.42. The van der Waals surface area contributed by atoms with E-state index in [4.69, 9.17) is 9.84 Å². The standard InChI is InChI=1S/C27H30F3NO5/c28-27(29,30)20-9-13-22(14-10-20)36-23-7-5-6-19(18-23)24(32)15-11-21-12-16-25(33)31(21)17-4-2-1-3-8-26(34)35/h5-7,9-11,13-15,18,21,24,32H,1-4,8,12,16-17H2,(H,34,35)/b15-11+/t21?,24-/m1/s1. The number of aliphatic hydroxyl groups excluding tert-OH is 1. The fourth-order valence-electron chi connectivity index (χ4n) is 4.11. The number of alkyl halides is 3. The molecule has 1 heterocycles. The number of likely N-dealkylation sites (tertiary alicyclic amines) is 1. The van der Waals surface area contributed by atoms with Gasteiger partial charge in [0.05, 0.1) is 17.7 Å². The summed E-state index contributed by atoms with van der Waals surface area (Å²) in [5, 5.41) is 19.3. The first-order valence-electron chi connectivity index (χ1n) is 12.0. The highest BCUT2D eigenvalue weighted by molar-refractivity contribution is 5.79. The van der Waals surface area contributed by atoms with Crippen LogP contribution in [0.25, 0.3) is 0 Å². The van der Waals surface area contributed by atoms with E-state index in [1.54, 1.807) is 35.2 Å². The highest BCUT2D eigenvalue weighted by atomic mass is 19.4. The summed E-state index contributed by atoms with van der Waals surface area (Å²) in [7, 11) is 0. The Morgan fingerprint density at radius 1 is 1.08 bits per heavy atom. The number of benzene rings is 2. The summed E-state index contributed by atoms with van der Waals surface area (Å²) in [5.74, 6) is -0.115. The van der Waals surface area contributed by atoms with Gasteiger partial charge in [0.15, 0.2) is 0 Å². The molecule has 1 saturated heterocycles. The zero-order valence-corrected chi connectivity index (χ0v) is 19.8. The SMILES string of the molecule is O=C(O)CCCCCCN1C(=O)CCC1/C=C/[C@@H](O)c1cccc(Oc2ccc(C(F)(F)F)cc2)c1. The number of carboxylic acid groups (broad SMARTS) is 1. The fraction of sp³-hybridized carbons (Fsp3) is 0.407. The minimum absolute atomic E-state index is 0.0663. The topological polar surface area (TPSA) is 87.1 Å². The highest BCUT2D eigenvalue weighted by Gasteiger charge is 2.30. The number of rotatable bonds is 12. The summed E-state index contributed by atoms with van der Waals surface area (Å²) < 4.78 is 43.8. The van der Waals surface area contributed by atoms with Gasteiger partial charge in [-0.15, -0.1) is 0 Å². The molecule has 0 bridgehead atoms. The number of hydrogen-bond donors (Lipinski definition) is 2. The van der Waals surface area contributed by atoms with Crippen LogP contribution in [0.1, 0.15) is 62.2 Å². The van der Waals surface area contributed by atoms with Gasteiger partial charge >= 0.3 is 12.1 Å². The van der Waals surface area contributed by atoms with Gasteiger partial charge in [-0.2, -0.15) is 13.2 Å². The Kier molecular flexibility index (Phi) is 9.52. The van der Waals surface area contributed by atoms with Crippen LogP contribution in [0, 0.1) is 0 Å². The Morgan fingerprint density at radius 3 is 2.50 bits per heavy atom. The summed E-state index contributed by atoms with van der Waals surface area (Å²) in [6, 6.07) is 10.9. The van der Waals surface area contributed by atoms with Gasteiger partial charge in [0.25, 0.3) is 0 Å². The molecule has 0 aliphatic carbocycles. The second-order valence-electron chi connectivity index (χ2n) is 8.78. The van der Waals surface area contributed by atoms with Crippen molar-refractivity contribution in [3.8, 4) is 11.5 Å². The van der Waals surface area contributed by atoms with Crippen LogP contribution in [-0.2, 0) is 15.8 Å². The van der Waals surface area contributed by atoms with E-state index in [2.05, 4.69) is 0 Å². The molecular formula is C27H30F3NO5. The van der Waals surface area contributed by atoms with E-state index in [9.17, 15) is 27.9 Å². The zero-order valence-electron chi connectivity index (χ0n) is 19.8. The molecule has 0 saturated carbocycles. The van der Waals surface area contributed by atoms with Gasteiger partial charge in [0.1, 0.15) is 11.5 Å². The van der Waals surface area contributed by atoms with Crippen molar-refractivity contribution in [2.24, 2.45) is 0 Å². The normalized spacial score (nSPS) is 17.1. The number of hydrogen-bond acceptors (Lipinski definition) is 4. The molecule has 1 aliphatic heterocycles. The first-order chi connectivity index (χ1) is 17.1. The molecule has 0 spiro atoms. The monoisotopic (exact) mass is 505 g/mol. The molecule has 9 heteroatoms. The van der Waals surface area contributed by atoms with Gasteiger partial charge in [-0.1, -0.05) is 37.1 Å².